The van der Waals surface area contributed by atoms with Gasteiger partial charge in [-0.1, -0.05) is 0 Å². The Balaban J connectivity index is 2.59. The molecule has 100 valence electrons. The van der Waals surface area contributed by atoms with Crippen LogP contribution in [0.25, 0.3) is 10.9 Å². The molecule has 0 aliphatic carbocycles. The van der Waals surface area contributed by atoms with Crippen LogP contribution >= 0.6 is 0 Å². The summed E-state index contributed by atoms with van der Waals surface area (Å²) in [6.07, 6.45) is 0. The first-order valence-electron chi connectivity index (χ1n) is 5.92. The number of aromatic hydroxyl groups is 1. The highest BCUT2D eigenvalue weighted by atomic mass is 16.5. The summed E-state index contributed by atoms with van der Waals surface area (Å²) in [5.41, 5.74) is 1.64. The first-order valence-corrected chi connectivity index (χ1v) is 5.92. The Hall–Kier alpha value is -2.30. The lowest BCUT2D eigenvalue weighted by molar-refractivity contribution is 0.0525. The molecule has 0 fully saturated rings. The number of fused-ring (bicyclic) bond motifs is 1. The van der Waals surface area contributed by atoms with Crippen LogP contribution in [0.4, 0.5) is 0 Å². The first kappa shape index (κ1) is 13.1. The topological polar surface area (TPSA) is 68.7 Å². The molecule has 0 bridgehead atoms. The van der Waals surface area contributed by atoms with Crippen molar-refractivity contribution in [2.45, 2.75) is 13.8 Å². The number of aromatic nitrogens is 1. The number of ether oxygens (including phenoxy) is 2. The summed E-state index contributed by atoms with van der Waals surface area (Å²) in [4.78, 5) is 16.1. The van der Waals surface area contributed by atoms with Crippen molar-refractivity contribution in [2.75, 3.05) is 13.7 Å². The number of aryl methyl sites for hydroxylation is 1. The Morgan fingerprint density at radius 3 is 2.74 bits per heavy atom. The van der Waals surface area contributed by atoms with E-state index in [-0.39, 0.29) is 5.75 Å². The zero-order valence-corrected chi connectivity index (χ0v) is 11.1. The lowest BCUT2D eigenvalue weighted by Gasteiger charge is -2.09. The SMILES string of the molecule is CCOC(=O)c1cc2cc(O)c(OC)cc2nc1C. The maximum absolute atomic E-state index is 11.8. The monoisotopic (exact) mass is 261 g/mol. The molecule has 0 unspecified atom stereocenters. The number of benzene rings is 1. The highest BCUT2D eigenvalue weighted by Gasteiger charge is 2.14. The minimum absolute atomic E-state index is 0.00969. The highest BCUT2D eigenvalue weighted by molar-refractivity contribution is 5.95. The summed E-state index contributed by atoms with van der Waals surface area (Å²) in [6, 6.07) is 4.81. The summed E-state index contributed by atoms with van der Waals surface area (Å²) in [6.45, 7) is 3.80. The number of carbonyl (C=O) groups excluding carboxylic acids is 1. The van der Waals surface area contributed by atoms with Crippen LogP contribution in [0.1, 0.15) is 23.0 Å². The van der Waals surface area contributed by atoms with Gasteiger partial charge < -0.3 is 14.6 Å². The van der Waals surface area contributed by atoms with Crippen LogP contribution in [-0.2, 0) is 4.74 Å². The number of hydrogen-bond donors (Lipinski definition) is 1. The van der Waals surface area contributed by atoms with E-state index in [2.05, 4.69) is 4.98 Å². The summed E-state index contributed by atoms with van der Waals surface area (Å²) >= 11 is 0. The number of carbonyl (C=O) groups is 1. The Bertz CT molecular complexity index is 637. The minimum atomic E-state index is -0.412. The van der Waals surface area contributed by atoms with E-state index in [9.17, 15) is 9.90 Å². The normalized spacial score (nSPS) is 10.5. The van der Waals surface area contributed by atoms with E-state index in [4.69, 9.17) is 9.47 Å². The summed E-state index contributed by atoms with van der Waals surface area (Å²) in [7, 11) is 1.47. The van der Waals surface area contributed by atoms with Gasteiger partial charge in [0.25, 0.3) is 0 Å². The molecular formula is C14H15NO4. The predicted molar refractivity (Wildman–Crippen MR) is 70.7 cm³/mol. The third-order valence-electron chi connectivity index (χ3n) is 2.80. The van der Waals surface area contributed by atoms with E-state index in [1.807, 2.05) is 0 Å². The van der Waals surface area contributed by atoms with E-state index >= 15 is 0 Å². The third-order valence-corrected chi connectivity index (χ3v) is 2.80. The zero-order chi connectivity index (χ0) is 14.0. The van der Waals surface area contributed by atoms with Gasteiger partial charge in [0.15, 0.2) is 11.5 Å². The van der Waals surface area contributed by atoms with Crippen LogP contribution in [0, 0.1) is 6.92 Å². The van der Waals surface area contributed by atoms with E-state index in [0.29, 0.717) is 34.5 Å². The Morgan fingerprint density at radius 2 is 2.11 bits per heavy atom. The highest BCUT2D eigenvalue weighted by Crippen LogP contribution is 2.31. The predicted octanol–water partition coefficient (Wildman–Crippen LogP) is 2.43. The second-order valence-electron chi connectivity index (χ2n) is 4.06. The lowest BCUT2D eigenvalue weighted by atomic mass is 10.1. The first-order chi connectivity index (χ1) is 9.06. The number of esters is 1. The van der Waals surface area contributed by atoms with Gasteiger partial charge in [0.05, 0.1) is 30.5 Å². The van der Waals surface area contributed by atoms with Crippen molar-refractivity contribution in [3.05, 3.63) is 29.5 Å². The summed E-state index contributed by atoms with van der Waals surface area (Å²) in [5.74, 6) is -0.0524. The molecule has 0 aliphatic heterocycles. The maximum atomic E-state index is 11.8. The number of hydrogen-bond acceptors (Lipinski definition) is 5. The number of phenolic OH excluding ortho intramolecular Hbond substituents is 1. The zero-order valence-electron chi connectivity index (χ0n) is 11.1. The molecule has 0 amide bonds. The molecule has 1 heterocycles. The molecule has 5 heteroatoms. The van der Waals surface area contributed by atoms with E-state index in [1.54, 1.807) is 26.0 Å². The van der Waals surface area contributed by atoms with E-state index < -0.39 is 5.97 Å². The Kier molecular flexibility index (Phi) is 3.55. The fourth-order valence-electron chi connectivity index (χ4n) is 1.87. The van der Waals surface area contributed by atoms with Gasteiger partial charge in [0.2, 0.25) is 0 Å². The Morgan fingerprint density at radius 1 is 1.37 bits per heavy atom. The number of phenols is 1. The van der Waals surface area contributed by atoms with Crippen LogP contribution in [0.5, 0.6) is 11.5 Å². The second kappa shape index (κ2) is 5.14. The van der Waals surface area contributed by atoms with Crippen molar-refractivity contribution >= 4 is 16.9 Å². The van der Waals surface area contributed by atoms with Crippen LogP contribution < -0.4 is 4.74 Å². The largest absolute Gasteiger partial charge is 0.504 e. The van der Waals surface area contributed by atoms with Gasteiger partial charge in [-0.25, -0.2) is 4.79 Å². The molecule has 0 atom stereocenters. The molecule has 0 radical (unpaired) electrons. The van der Waals surface area contributed by atoms with Gasteiger partial charge in [0.1, 0.15) is 0 Å². The molecule has 0 saturated carbocycles. The fraction of sp³-hybridized carbons (Fsp3) is 0.286. The molecule has 19 heavy (non-hydrogen) atoms. The van der Waals surface area contributed by atoms with Gasteiger partial charge >= 0.3 is 5.97 Å². The Labute approximate surface area is 110 Å². The van der Waals surface area contributed by atoms with Crippen LogP contribution in [0.15, 0.2) is 18.2 Å². The second-order valence-corrected chi connectivity index (χ2v) is 4.06. The van der Waals surface area contributed by atoms with Crippen molar-refractivity contribution in [1.29, 1.82) is 0 Å². The van der Waals surface area contributed by atoms with Gasteiger partial charge in [-0.15, -0.1) is 0 Å². The molecule has 1 aromatic heterocycles. The average molecular weight is 261 g/mol. The molecule has 1 aromatic carbocycles. The maximum Gasteiger partial charge on any atom is 0.339 e. The number of methoxy groups -OCH3 is 1. The molecule has 0 aliphatic rings. The van der Waals surface area contributed by atoms with E-state index in [0.717, 1.165) is 0 Å². The van der Waals surface area contributed by atoms with Gasteiger partial charge in [-0.2, -0.15) is 0 Å². The van der Waals surface area contributed by atoms with Crippen molar-refractivity contribution in [3.8, 4) is 11.5 Å². The molecule has 0 spiro atoms. The smallest absolute Gasteiger partial charge is 0.339 e. The summed E-state index contributed by atoms with van der Waals surface area (Å²) in [5, 5.41) is 10.4. The van der Waals surface area contributed by atoms with Crippen molar-refractivity contribution in [2.24, 2.45) is 0 Å². The standard InChI is InChI=1S/C14H15NO4/c1-4-19-14(17)10-5-9-6-12(16)13(18-3)7-11(9)15-8(10)2/h5-7,16H,4H2,1-3H3. The molecule has 0 saturated heterocycles. The van der Waals surface area contributed by atoms with Gasteiger partial charge in [-0.3, -0.25) is 4.98 Å². The number of pyridine rings is 1. The lowest BCUT2D eigenvalue weighted by Crippen LogP contribution is -2.08. The average Bonchev–Trinajstić information content (AvgIpc) is 2.38. The minimum Gasteiger partial charge on any atom is -0.504 e. The number of rotatable bonds is 3. The van der Waals surface area contributed by atoms with Gasteiger partial charge in [0, 0.05) is 11.5 Å². The quantitative estimate of drug-likeness (QED) is 0.859. The van der Waals surface area contributed by atoms with Gasteiger partial charge in [-0.05, 0) is 26.0 Å². The fourth-order valence-corrected chi connectivity index (χ4v) is 1.87. The van der Waals surface area contributed by atoms with Crippen LogP contribution in [0.2, 0.25) is 0 Å². The summed E-state index contributed by atoms with van der Waals surface area (Å²) < 4.78 is 9.99. The molecule has 2 aromatic rings. The van der Waals surface area contributed by atoms with Crippen molar-refractivity contribution in [1.82, 2.24) is 4.98 Å². The molecule has 2 rings (SSSR count). The molecule has 5 nitrogen and oxygen atoms in total. The van der Waals surface area contributed by atoms with Crippen molar-refractivity contribution in [3.63, 3.8) is 0 Å². The number of nitrogens with zero attached hydrogens (tertiary/aromatic N) is 1. The molecule has 1 N–H and O–H groups in total. The third kappa shape index (κ3) is 2.45. The van der Waals surface area contributed by atoms with Crippen LogP contribution in [-0.4, -0.2) is 29.8 Å². The molecular weight excluding hydrogens is 246 g/mol. The van der Waals surface area contributed by atoms with E-state index in [1.165, 1.54) is 13.2 Å². The van der Waals surface area contributed by atoms with Crippen LogP contribution in [0.3, 0.4) is 0 Å². The van der Waals surface area contributed by atoms with Crippen molar-refractivity contribution < 1.29 is 19.4 Å².